The molecule has 4 heteroatoms. The Morgan fingerprint density at radius 3 is 3.19 bits per heavy atom. The fraction of sp³-hybridized carbons (Fsp3) is 0.583. The van der Waals surface area contributed by atoms with Crippen LogP contribution in [-0.4, -0.2) is 37.0 Å². The van der Waals surface area contributed by atoms with E-state index in [-0.39, 0.29) is 5.91 Å². The van der Waals surface area contributed by atoms with Crippen molar-refractivity contribution in [3.8, 4) is 0 Å². The molecule has 4 nitrogen and oxygen atoms in total. The number of nitrogens with one attached hydrogen (secondary N) is 1. The molecule has 0 bridgehead atoms. The summed E-state index contributed by atoms with van der Waals surface area (Å²) in [5.41, 5.74) is 0.656. The molecule has 1 N–H and O–H groups in total. The molecule has 1 unspecified atom stereocenters. The molecule has 1 aliphatic heterocycles. The highest BCUT2D eigenvalue weighted by Crippen LogP contribution is 2.19. The summed E-state index contributed by atoms with van der Waals surface area (Å²) in [5, 5.41) is 3.15. The lowest BCUT2D eigenvalue weighted by molar-refractivity contribution is 0.0614. The highest BCUT2D eigenvalue weighted by atomic mass is 16.3. The Kier molecular flexibility index (Phi) is 3.62. The maximum atomic E-state index is 12.2. The Morgan fingerprint density at radius 1 is 1.62 bits per heavy atom. The molecular formula is C12H18N2O2. The van der Waals surface area contributed by atoms with Crippen LogP contribution in [0.15, 0.2) is 23.0 Å². The van der Waals surface area contributed by atoms with Crippen molar-refractivity contribution in [1.29, 1.82) is 0 Å². The zero-order valence-electron chi connectivity index (χ0n) is 9.61. The molecule has 2 heterocycles. The van der Waals surface area contributed by atoms with E-state index in [1.54, 1.807) is 12.3 Å². The summed E-state index contributed by atoms with van der Waals surface area (Å²) >= 11 is 0. The number of likely N-dealkylation sites (N-methyl/N-ethyl adjacent to an activating group) is 1. The van der Waals surface area contributed by atoms with Crippen molar-refractivity contribution in [1.82, 2.24) is 10.2 Å². The fourth-order valence-electron chi connectivity index (χ4n) is 2.27. The average molecular weight is 222 g/mol. The van der Waals surface area contributed by atoms with Crippen molar-refractivity contribution in [2.75, 3.05) is 20.1 Å². The minimum absolute atomic E-state index is 0.0914. The molecule has 88 valence electrons. The summed E-state index contributed by atoms with van der Waals surface area (Å²) in [7, 11) is 1.93. The molecule has 1 saturated heterocycles. The zero-order valence-corrected chi connectivity index (χ0v) is 9.61. The van der Waals surface area contributed by atoms with Crippen LogP contribution in [0, 0.1) is 0 Å². The number of carbonyl (C=O) groups excluding carboxylic acids is 1. The van der Waals surface area contributed by atoms with Crippen LogP contribution in [-0.2, 0) is 0 Å². The molecule has 1 aliphatic rings. The molecule has 16 heavy (non-hydrogen) atoms. The van der Waals surface area contributed by atoms with Gasteiger partial charge in [0.25, 0.3) is 5.91 Å². The molecule has 0 spiro atoms. The molecule has 1 amide bonds. The number of carbonyl (C=O) groups is 1. The second-order valence-corrected chi connectivity index (χ2v) is 4.22. The van der Waals surface area contributed by atoms with Gasteiger partial charge in [-0.05, 0) is 32.4 Å². The van der Waals surface area contributed by atoms with E-state index in [0.717, 1.165) is 25.9 Å². The summed E-state index contributed by atoms with van der Waals surface area (Å²) in [6.07, 6.45) is 6.47. The number of nitrogens with zero attached hydrogens (tertiary/aromatic N) is 1. The van der Waals surface area contributed by atoms with Gasteiger partial charge in [-0.25, -0.2) is 0 Å². The molecule has 2 rings (SSSR count). The van der Waals surface area contributed by atoms with E-state index in [0.29, 0.717) is 11.6 Å². The fourth-order valence-corrected chi connectivity index (χ4v) is 2.27. The van der Waals surface area contributed by atoms with Gasteiger partial charge in [-0.1, -0.05) is 0 Å². The molecule has 1 aromatic rings. The van der Waals surface area contributed by atoms with Gasteiger partial charge in [0.15, 0.2) is 0 Å². The Balaban J connectivity index is 2.08. The van der Waals surface area contributed by atoms with Crippen LogP contribution in [0.3, 0.4) is 0 Å². The van der Waals surface area contributed by atoms with Gasteiger partial charge in [0.1, 0.15) is 6.26 Å². The highest BCUT2D eigenvalue weighted by molar-refractivity contribution is 5.94. The number of piperidine rings is 1. The molecular weight excluding hydrogens is 204 g/mol. The summed E-state index contributed by atoms with van der Waals surface area (Å²) in [6.45, 7) is 1.72. The first kappa shape index (κ1) is 11.2. The predicted molar refractivity (Wildman–Crippen MR) is 61.3 cm³/mol. The number of likely N-dealkylation sites (tertiary alicyclic amines) is 1. The molecule has 0 aromatic carbocycles. The van der Waals surface area contributed by atoms with Crippen LogP contribution < -0.4 is 5.32 Å². The lowest BCUT2D eigenvalue weighted by Crippen LogP contribution is -2.47. The van der Waals surface area contributed by atoms with E-state index in [1.807, 2.05) is 11.9 Å². The van der Waals surface area contributed by atoms with Crippen LogP contribution in [0.5, 0.6) is 0 Å². The van der Waals surface area contributed by atoms with Gasteiger partial charge < -0.3 is 14.6 Å². The third-order valence-corrected chi connectivity index (χ3v) is 3.10. The van der Waals surface area contributed by atoms with Crippen LogP contribution in [0.1, 0.15) is 29.6 Å². The van der Waals surface area contributed by atoms with E-state index < -0.39 is 0 Å². The third kappa shape index (κ3) is 2.27. The quantitative estimate of drug-likeness (QED) is 0.842. The van der Waals surface area contributed by atoms with E-state index in [1.165, 1.54) is 12.7 Å². The second-order valence-electron chi connectivity index (χ2n) is 4.22. The first-order chi connectivity index (χ1) is 7.83. The molecule has 1 atom stereocenters. The van der Waals surface area contributed by atoms with Gasteiger partial charge in [0, 0.05) is 19.1 Å². The minimum atomic E-state index is 0.0914. The maximum Gasteiger partial charge on any atom is 0.257 e. The standard InChI is InChI=1S/C12H18N2O2/c1-13-8-11-4-2-3-6-14(11)12(15)10-5-7-16-9-10/h5,7,9,11,13H,2-4,6,8H2,1H3. The highest BCUT2D eigenvalue weighted by Gasteiger charge is 2.27. The number of furan rings is 1. The van der Waals surface area contributed by atoms with E-state index >= 15 is 0 Å². The second kappa shape index (κ2) is 5.16. The predicted octanol–water partition coefficient (Wildman–Crippen LogP) is 1.49. The Labute approximate surface area is 95.6 Å². The SMILES string of the molecule is CNCC1CCCCN1C(=O)c1ccoc1. The number of amides is 1. The number of hydrogen-bond donors (Lipinski definition) is 1. The Hall–Kier alpha value is -1.29. The van der Waals surface area contributed by atoms with Gasteiger partial charge in [0.2, 0.25) is 0 Å². The normalized spacial score (nSPS) is 21.1. The number of rotatable bonds is 3. The topological polar surface area (TPSA) is 45.5 Å². The molecule has 0 aliphatic carbocycles. The van der Waals surface area contributed by atoms with Gasteiger partial charge >= 0.3 is 0 Å². The largest absolute Gasteiger partial charge is 0.472 e. The number of hydrogen-bond acceptors (Lipinski definition) is 3. The van der Waals surface area contributed by atoms with Gasteiger partial charge in [0.05, 0.1) is 11.8 Å². The lowest BCUT2D eigenvalue weighted by Gasteiger charge is -2.35. The third-order valence-electron chi connectivity index (χ3n) is 3.10. The van der Waals surface area contributed by atoms with Crippen LogP contribution in [0.4, 0.5) is 0 Å². The maximum absolute atomic E-state index is 12.2. The van der Waals surface area contributed by atoms with Crippen molar-refractivity contribution >= 4 is 5.91 Å². The van der Waals surface area contributed by atoms with Crippen LogP contribution >= 0.6 is 0 Å². The van der Waals surface area contributed by atoms with Gasteiger partial charge in [-0.3, -0.25) is 4.79 Å². The summed E-state index contributed by atoms with van der Waals surface area (Å²) in [5.74, 6) is 0.0914. The monoisotopic (exact) mass is 222 g/mol. The summed E-state index contributed by atoms with van der Waals surface area (Å²) in [6, 6.07) is 2.05. The first-order valence-corrected chi connectivity index (χ1v) is 5.80. The van der Waals surface area contributed by atoms with Crippen molar-refractivity contribution < 1.29 is 9.21 Å². The van der Waals surface area contributed by atoms with Crippen LogP contribution in [0.2, 0.25) is 0 Å². The molecule has 0 saturated carbocycles. The van der Waals surface area contributed by atoms with Crippen molar-refractivity contribution in [2.45, 2.75) is 25.3 Å². The van der Waals surface area contributed by atoms with E-state index in [9.17, 15) is 4.79 Å². The first-order valence-electron chi connectivity index (χ1n) is 5.80. The Bertz CT molecular complexity index is 333. The molecule has 1 fully saturated rings. The molecule has 1 aromatic heterocycles. The van der Waals surface area contributed by atoms with Crippen molar-refractivity contribution in [3.05, 3.63) is 24.2 Å². The molecule has 0 radical (unpaired) electrons. The van der Waals surface area contributed by atoms with Crippen LogP contribution in [0.25, 0.3) is 0 Å². The Morgan fingerprint density at radius 2 is 2.50 bits per heavy atom. The zero-order chi connectivity index (χ0) is 11.4. The summed E-state index contributed by atoms with van der Waals surface area (Å²) < 4.78 is 4.96. The average Bonchev–Trinajstić information content (AvgIpc) is 2.83. The minimum Gasteiger partial charge on any atom is -0.472 e. The van der Waals surface area contributed by atoms with Gasteiger partial charge in [-0.2, -0.15) is 0 Å². The summed E-state index contributed by atoms with van der Waals surface area (Å²) in [4.78, 5) is 14.1. The van der Waals surface area contributed by atoms with E-state index in [4.69, 9.17) is 4.42 Å². The lowest BCUT2D eigenvalue weighted by atomic mass is 10.0. The smallest absolute Gasteiger partial charge is 0.257 e. The van der Waals surface area contributed by atoms with Gasteiger partial charge in [-0.15, -0.1) is 0 Å². The van der Waals surface area contributed by atoms with Crippen molar-refractivity contribution in [3.63, 3.8) is 0 Å². The van der Waals surface area contributed by atoms with E-state index in [2.05, 4.69) is 5.32 Å². The van der Waals surface area contributed by atoms with Crippen molar-refractivity contribution in [2.24, 2.45) is 0 Å².